The minimum absolute atomic E-state index is 0.203. The zero-order chi connectivity index (χ0) is 23.3. The molecule has 8 nitrogen and oxygen atoms in total. The van der Waals surface area contributed by atoms with Crippen molar-refractivity contribution in [3.05, 3.63) is 71.9 Å². The summed E-state index contributed by atoms with van der Waals surface area (Å²) >= 11 is 0. The average Bonchev–Trinajstić information content (AvgIpc) is 3.31. The fourth-order valence-corrected chi connectivity index (χ4v) is 4.41. The van der Waals surface area contributed by atoms with Crippen LogP contribution in [0.4, 0.5) is 10.2 Å². The van der Waals surface area contributed by atoms with Crippen LogP contribution in [0.5, 0.6) is 5.75 Å². The number of phenols is 1. The molecule has 9 heteroatoms. The van der Waals surface area contributed by atoms with Gasteiger partial charge in [-0.05, 0) is 26.0 Å². The number of phenolic OH excluding ortho intramolecular Hbond substituents is 1. The van der Waals surface area contributed by atoms with E-state index in [1.54, 1.807) is 4.68 Å². The molecule has 0 saturated carbocycles. The van der Waals surface area contributed by atoms with Crippen molar-refractivity contribution in [1.29, 1.82) is 0 Å². The van der Waals surface area contributed by atoms with Gasteiger partial charge in [0.05, 0.1) is 22.8 Å². The Morgan fingerprint density at radius 2 is 1.79 bits per heavy atom. The molecular formula is C24H22FN7O. The van der Waals surface area contributed by atoms with Crippen molar-refractivity contribution in [1.82, 2.24) is 29.5 Å². The topological polar surface area (TPSA) is 108 Å². The van der Waals surface area contributed by atoms with Gasteiger partial charge >= 0.3 is 0 Å². The lowest BCUT2D eigenvalue weighted by molar-refractivity contribution is 0.469. The van der Waals surface area contributed by atoms with Gasteiger partial charge in [-0.2, -0.15) is 10.2 Å². The molecule has 0 saturated heterocycles. The fraction of sp³-hybridized carbons (Fsp3) is 0.167. The molecule has 3 aromatic heterocycles. The van der Waals surface area contributed by atoms with Gasteiger partial charge in [-0.25, -0.2) is 19.0 Å². The summed E-state index contributed by atoms with van der Waals surface area (Å²) in [4.78, 5) is 8.56. The smallest absolute Gasteiger partial charge is 0.164 e. The lowest BCUT2D eigenvalue weighted by Crippen LogP contribution is -2.11. The van der Waals surface area contributed by atoms with E-state index in [2.05, 4.69) is 15.1 Å². The summed E-state index contributed by atoms with van der Waals surface area (Å²) in [6, 6.07) is 13.5. The number of nitrogen functional groups attached to an aromatic ring is 1. The van der Waals surface area contributed by atoms with Crippen LogP contribution in [-0.2, 0) is 7.05 Å². The highest BCUT2D eigenvalue weighted by Gasteiger charge is 2.26. The molecular weight excluding hydrogens is 421 g/mol. The monoisotopic (exact) mass is 443 g/mol. The Hall–Kier alpha value is -4.27. The van der Waals surface area contributed by atoms with Gasteiger partial charge < -0.3 is 10.8 Å². The summed E-state index contributed by atoms with van der Waals surface area (Å²) in [6.07, 6.45) is 1.38. The van der Waals surface area contributed by atoms with Crippen LogP contribution >= 0.6 is 0 Å². The van der Waals surface area contributed by atoms with E-state index in [-0.39, 0.29) is 17.6 Å². The normalized spacial score (nSPS) is 12.4. The lowest BCUT2D eigenvalue weighted by Gasteiger charge is -2.16. The molecule has 0 aliphatic rings. The Bertz CT molecular complexity index is 1470. The molecule has 5 aromatic rings. The number of aromatic nitrogens is 6. The molecule has 0 spiro atoms. The van der Waals surface area contributed by atoms with Gasteiger partial charge in [-0.3, -0.25) is 4.68 Å². The molecule has 0 radical (unpaired) electrons. The van der Waals surface area contributed by atoms with E-state index in [1.165, 1.54) is 18.5 Å². The van der Waals surface area contributed by atoms with E-state index in [1.807, 2.05) is 55.9 Å². The van der Waals surface area contributed by atoms with Crippen molar-refractivity contribution in [3.63, 3.8) is 0 Å². The molecule has 166 valence electrons. The maximum absolute atomic E-state index is 14.1. The second-order valence-electron chi connectivity index (χ2n) is 7.96. The number of rotatable bonds is 4. The van der Waals surface area contributed by atoms with Crippen molar-refractivity contribution < 1.29 is 9.50 Å². The third-order valence-electron chi connectivity index (χ3n) is 5.77. The molecule has 0 aliphatic heterocycles. The first-order chi connectivity index (χ1) is 15.8. The Balaban J connectivity index is 1.76. The van der Waals surface area contributed by atoms with Crippen LogP contribution in [0.2, 0.25) is 0 Å². The molecule has 2 aromatic carbocycles. The van der Waals surface area contributed by atoms with Crippen LogP contribution in [0.25, 0.3) is 33.5 Å². The van der Waals surface area contributed by atoms with Crippen LogP contribution in [0.15, 0.2) is 54.9 Å². The summed E-state index contributed by atoms with van der Waals surface area (Å²) < 4.78 is 17.7. The van der Waals surface area contributed by atoms with Gasteiger partial charge in [-0.1, -0.05) is 30.3 Å². The number of halogens is 1. The van der Waals surface area contributed by atoms with Crippen molar-refractivity contribution >= 4 is 16.9 Å². The lowest BCUT2D eigenvalue weighted by atomic mass is 10.0. The molecule has 1 unspecified atom stereocenters. The first-order valence-corrected chi connectivity index (χ1v) is 10.4. The standard InChI is InChI=1S/C24H22FN7O/c1-13-19(22(31(3)29-13)15-7-5-4-6-8-15)14(2)32-24-20(23(26)27-12-28-24)21(30-32)16-9-17(25)11-18(33)10-16/h4-12,14,33H,1-3H3,(H2,26,27,28). The van der Waals surface area contributed by atoms with Crippen LogP contribution in [0, 0.1) is 12.7 Å². The molecule has 3 heterocycles. The highest BCUT2D eigenvalue weighted by atomic mass is 19.1. The SMILES string of the molecule is Cc1nn(C)c(-c2ccccc2)c1C(C)n1nc(-c2cc(O)cc(F)c2)c2c(N)ncnc21. The zero-order valence-electron chi connectivity index (χ0n) is 18.4. The number of benzene rings is 2. The number of nitrogens with zero attached hydrogens (tertiary/aromatic N) is 6. The van der Waals surface area contributed by atoms with Gasteiger partial charge in [0.25, 0.3) is 0 Å². The van der Waals surface area contributed by atoms with Crippen molar-refractivity contribution in [3.8, 4) is 28.3 Å². The van der Waals surface area contributed by atoms with Gasteiger partial charge in [0, 0.05) is 29.8 Å². The molecule has 0 fully saturated rings. The second kappa shape index (κ2) is 7.70. The number of fused-ring (bicyclic) bond motifs is 1. The van der Waals surface area contributed by atoms with Crippen LogP contribution < -0.4 is 5.73 Å². The quantitative estimate of drug-likeness (QED) is 0.430. The maximum atomic E-state index is 14.1. The van der Waals surface area contributed by atoms with E-state index >= 15 is 0 Å². The molecule has 33 heavy (non-hydrogen) atoms. The predicted octanol–water partition coefficient (Wildman–Crippen LogP) is 4.24. The van der Waals surface area contributed by atoms with Gasteiger partial charge in [0.2, 0.25) is 0 Å². The number of hydrogen-bond acceptors (Lipinski definition) is 6. The first kappa shape index (κ1) is 20.6. The second-order valence-corrected chi connectivity index (χ2v) is 7.96. The summed E-state index contributed by atoms with van der Waals surface area (Å²) in [5, 5.41) is 19.9. The third kappa shape index (κ3) is 3.38. The molecule has 3 N–H and O–H groups in total. The van der Waals surface area contributed by atoms with Crippen LogP contribution in [0.1, 0.15) is 24.2 Å². The number of aryl methyl sites for hydroxylation is 2. The minimum Gasteiger partial charge on any atom is -0.508 e. The minimum atomic E-state index is -0.578. The highest BCUT2D eigenvalue weighted by Crippen LogP contribution is 2.37. The number of hydrogen-bond donors (Lipinski definition) is 2. The van der Waals surface area contributed by atoms with Crippen molar-refractivity contribution in [2.75, 3.05) is 5.73 Å². The van der Waals surface area contributed by atoms with Crippen LogP contribution in [0.3, 0.4) is 0 Å². The number of anilines is 1. The Morgan fingerprint density at radius 1 is 1.03 bits per heavy atom. The largest absolute Gasteiger partial charge is 0.508 e. The molecule has 0 aliphatic carbocycles. The zero-order valence-corrected chi connectivity index (χ0v) is 18.4. The van der Waals surface area contributed by atoms with Gasteiger partial charge in [0.1, 0.15) is 29.4 Å². The summed E-state index contributed by atoms with van der Waals surface area (Å²) in [5.74, 6) is -0.556. The van der Waals surface area contributed by atoms with Crippen molar-refractivity contribution in [2.45, 2.75) is 19.9 Å². The van der Waals surface area contributed by atoms with Gasteiger partial charge in [0.15, 0.2) is 5.65 Å². The highest BCUT2D eigenvalue weighted by molar-refractivity contribution is 5.98. The fourth-order valence-electron chi connectivity index (χ4n) is 4.41. The number of nitrogens with two attached hydrogens (primary N) is 1. The molecule has 0 bridgehead atoms. The first-order valence-electron chi connectivity index (χ1n) is 10.4. The van der Waals surface area contributed by atoms with Crippen molar-refractivity contribution in [2.24, 2.45) is 7.05 Å². The number of aromatic hydroxyl groups is 1. The molecule has 0 amide bonds. The summed E-state index contributed by atoms with van der Waals surface area (Å²) in [6.45, 7) is 3.97. The Kier molecular flexibility index (Phi) is 4.81. The predicted molar refractivity (Wildman–Crippen MR) is 124 cm³/mol. The maximum Gasteiger partial charge on any atom is 0.164 e. The van der Waals surface area contributed by atoms with Crippen LogP contribution in [-0.4, -0.2) is 34.6 Å². The van der Waals surface area contributed by atoms with Gasteiger partial charge in [-0.15, -0.1) is 0 Å². The average molecular weight is 443 g/mol. The van der Waals surface area contributed by atoms with E-state index in [0.29, 0.717) is 22.3 Å². The summed E-state index contributed by atoms with van der Waals surface area (Å²) in [7, 11) is 1.91. The Morgan fingerprint density at radius 3 is 2.52 bits per heavy atom. The van der Waals surface area contributed by atoms with E-state index < -0.39 is 5.82 Å². The molecule has 1 atom stereocenters. The third-order valence-corrected chi connectivity index (χ3v) is 5.77. The van der Waals surface area contributed by atoms with E-state index in [9.17, 15) is 9.50 Å². The van der Waals surface area contributed by atoms with E-state index in [4.69, 9.17) is 10.8 Å². The molecule has 5 rings (SSSR count). The summed E-state index contributed by atoms with van der Waals surface area (Å²) in [5.41, 5.74) is 11.3. The van der Waals surface area contributed by atoms with E-state index in [0.717, 1.165) is 28.6 Å². The Labute approximate surface area is 189 Å².